The van der Waals surface area contributed by atoms with E-state index in [4.69, 9.17) is 4.52 Å². The zero-order chi connectivity index (χ0) is 18.8. The molecule has 0 aliphatic heterocycles. The summed E-state index contributed by atoms with van der Waals surface area (Å²) in [7, 11) is 0. The number of hydrogen-bond acceptors (Lipinski definition) is 5. The van der Waals surface area contributed by atoms with Crippen LogP contribution in [0.2, 0.25) is 0 Å². The Morgan fingerprint density at radius 3 is 2.52 bits per heavy atom. The van der Waals surface area contributed by atoms with Crippen LogP contribution in [0, 0.1) is 0 Å². The molecule has 0 atom stereocenters. The van der Waals surface area contributed by atoms with E-state index in [-0.39, 0.29) is 12.0 Å². The summed E-state index contributed by atoms with van der Waals surface area (Å²) in [6.45, 7) is 0. The lowest BCUT2D eigenvalue weighted by Gasteiger charge is -2.03. The first-order valence-corrected chi connectivity index (χ1v) is 9.76. The molecule has 4 aromatic rings. The predicted octanol–water partition coefficient (Wildman–Crippen LogP) is 5.52. The molecule has 0 saturated carbocycles. The number of aromatic carboxylic acids is 1. The number of carboxylic acids is 1. The summed E-state index contributed by atoms with van der Waals surface area (Å²) in [5.41, 5.74) is 2.66. The number of benzene rings is 2. The highest BCUT2D eigenvalue weighted by atomic mass is 79.9. The maximum absolute atomic E-state index is 11.9. The minimum Gasteiger partial charge on any atom is -0.478 e. The van der Waals surface area contributed by atoms with E-state index in [1.165, 1.54) is 11.3 Å². The average molecular weight is 441 g/mol. The molecule has 0 unspecified atom stereocenters. The molecule has 0 radical (unpaired) electrons. The van der Waals surface area contributed by atoms with Gasteiger partial charge in [-0.1, -0.05) is 63.6 Å². The van der Waals surface area contributed by atoms with Crippen LogP contribution in [0.1, 0.15) is 21.8 Å². The quantitative estimate of drug-likeness (QED) is 0.442. The lowest BCUT2D eigenvalue weighted by molar-refractivity contribution is 0.0697. The highest BCUT2D eigenvalue weighted by Gasteiger charge is 2.21. The Balaban J connectivity index is 1.66. The van der Waals surface area contributed by atoms with Crippen molar-refractivity contribution in [1.82, 2.24) is 10.1 Å². The van der Waals surface area contributed by atoms with Crippen molar-refractivity contribution in [2.75, 3.05) is 0 Å². The van der Waals surface area contributed by atoms with Crippen LogP contribution in [0.15, 0.2) is 69.0 Å². The number of aromatic nitrogens is 2. The van der Waals surface area contributed by atoms with E-state index in [9.17, 15) is 9.90 Å². The van der Waals surface area contributed by atoms with E-state index < -0.39 is 5.97 Å². The molecule has 2 aromatic heterocycles. The summed E-state index contributed by atoms with van der Waals surface area (Å²) in [6, 6.07) is 17.1. The molecular formula is C20H13BrN2O3S. The lowest BCUT2D eigenvalue weighted by Crippen LogP contribution is -2.02. The van der Waals surface area contributed by atoms with Gasteiger partial charge < -0.3 is 9.63 Å². The summed E-state index contributed by atoms with van der Waals surface area (Å²) < 4.78 is 6.28. The molecule has 2 heterocycles. The smallest absolute Gasteiger partial charge is 0.337 e. The minimum absolute atomic E-state index is 0.272. The molecule has 5 nitrogen and oxygen atoms in total. The summed E-state index contributed by atoms with van der Waals surface area (Å²) in [5, 5.41) is 15.6. The Kier molecular flexibility index (Phi) is 4.87. The second-order valence-corrected chi connectivity index (χ2v) is 7.63. The first-order valence-electron chi connectivity index (χ1n) is 8.09. The fraction of sp³-hybridized carbons (Fsp3) is 0.0500. The van der Waals surface area contributed by atoms with Crippen molar-refractivity contribution in [3.63, 3.8) is 0 Å². The van der Waals surface area contributed by atoms with Gasteiger partial charge in [0, 0.05) is 14.9 Å². The third-order valence-corrected chi connectivity index (χ3v) is 5.64. The fourth-order valence-corrected chi connectivity index (χ4v) is 4.10. The highest BCUT2D eigenvalue weighted by molar-refractivity contribution is 9.10. The van der Waals surface area contributed by atoms with Crippen LogP contribution in [0.25, 0.3) is 21.8 Å². The molecule has 0 aliphatic carbocycles. The van der Waals surface area contributed by atoms with E-state index in [0.29, 0.717) is 22.2 Å². The van der Waals surface area contributed by atoms with Crippen molar-refractivity contribution in [3.8, 4) is 21.8 Å². The SMILES string of the molecule is O=C(O)c1c(Cc2nc(-c3ccccc3)no2)csc1-c1ccc(Br)cc1. The van der Waals surface area contributed by atoms with Crippen LogP contribution in [0.5, 0.6) is 0 Å². The molecular weight excluding hydrogens is 428 g/mol. The van der Waals surface area contributed by atoms with Gasteiger partial charge in [-0.15, -0.1) is 11.3 Å². The average Bonchev–Trinajstić information content (AvgIpc) is 3.31. The van der Waals surface area contributed by atoms with Crippen molar-refractivity contribution in [2.45, 2.75) is 6.42 Å². The van der Waals surface area contributed by atoms with Crippen molar-refractivity contribution < 1.29 is 14.4 Å². The Bertz CT molecular complexity index is 1090. The third kappa shape index (κ3) is 3.70. The summed E-state index contributed by atoms with van der Waals surface area (Å²) in [4.78, 5) is 17.0. The van der Waals surface area contributed by atoms with Gasteiger partial charge in [-0.3, -0.25) is 0 Å². The summed E-state index contributed by atoms with van der Waals surface area (Å²) >= 11 is 4.80. The van der Waals surface area contributed by atoms with Crippen molar-refractivity contribution >= 4 is 33.2 Å². The van der Waals surface area contributed by atoms with Gasteiger partial charge >= 0.3 is 5.97 Å². The maximum atomic E-state index is 11.9. The van der Waals surface area contributed by atoms with Crippen molar-refractivity contribution in [2.24, 2.45) is 0 Å². The van der Waals surface area contributed by atoms with Gasteiger partial charge in [-0.2, -0.15) is 4.98 Å². The number of nitrogens with zero attached hydrogens (tertiary/aromatic N) is 2. The van der Waals surface area contributed by atoms with Crippen molar-refractivity contribution in [3.05, 3.63) is 81.5 Å². The second kappa shape index (κ2) is 7.46. The van der Waals surface area contributed by atoms with Gasteiger partial charge in [0.2, 0.25) is 11.7 Å². The van der Waals surface area contributed by atoms with Crippen LogP contribution in [-0.2, 0) is 6.42 Å². The first kappa shape index (κ1) is 17.6. The molecule has 7 heteroatoms. The fourth-order valence-electron chi connectivity index (χ4n) is 2.77. The lowest BCUT2D eigenvalue weighted by atomic mass is 10.0. The Labute approximate surface area is 167 Å². The molecule has 27 heavy (non-hydrogen) atoms. The second-order valence-electron chi connectivity index (χ2n) is 5.83. The number of carboxylic acid groups (broad SMARTS) is 1. The highest BCUT2D eigenvalue weighted by Crippen LogP contribution is 2.34. The molecule has 2 aromatic carbocycles. The van der Waals surface area contributed by atoms with Crippen LogP contribution in [0.3, 0.4) is 0 Å². The molecule has 0 amide bonds. The Morgan fingerprint density at radius 2 is 1.81 bits per heavy atom. The number of hydrogen-bond donors (Lipinski definition) is 1. The number of halogens is 1. The molecule has 4 rings (SSSR count). The molecule has 1 N–H and O–H groups in total. The maximum Gasteiger partial charge on any atom is 0.337 e. The monoisotopic (exact) mass is 440 g/mol. The molecule has 0 fully saturated rings. The largest absolute Gasteiger partial charge is 0.478 e. The van der Waals surface area contributed by atoms with E-state index in [1.807, 2.05) is 60.0 Å². The van der Waals surface area contributed by atoms with Gasteiger partial charge in [0.05, 0.1) is 12.0 Å². The molecule has 0 spiro atoms. The predicted molar refractivity (Wildman–Crippen MR) is 107 cm³/mol. The van der Waals surface area contributed by atoms with Gasteiger partial charge in [0.15, 0.2) is 0 Å². The van der Waals surface area contributed by atoms with Gasteiger partial charge in [-0.25, -0.2) is 4.79 Å². The standard InChI is InChI=1S/C20H13BrN2O3S/c21-15-8-6-12(7-9-15)18-17(20(24)25)14(11-27-18)10-16-22-19(23-26-16)13-4-2-1-3-5-13/h1-9,11H,10H2,(H,24,25). The van der Waals surface area contributed by atoms with Gasteiger partial charge in [-0.05, 0) is 28.6 Å². The third-order valence-electron chi connectivity index (χ3n) is 4.03. The minimum atomic E-state index is -0.966. The van der Waals surface area contributed by atoms with Gasteiger partial charge in [0.1, 0.15) is 0 Å². The van der Waals surface area contributed by atoms with Crippen LogP contribution < -0.4 is 0 Å². The number of carbonyl (C=O) groups is 1. The first-order chi connectivity index (χ1) is 13.1. The molecule has 0 bridgehead atoms. The molecule has 0 saturated heterocycles. The van der Waals surface area contributed by atoms with Crippen LogP contribution in [-0.4, -0.2) is 21.2 Å². The zero-order valence-electron chi connectivity index (χ0n) is 13.9. The van der Waals surface area contributed by atoms with E-state index >= 15 is 0 Å². The van der Waals surface area contributed by atoms with Crippen molar-refractivity contribution in [1.29, 1.82) is 0 Å². The van der Waals surface area contributed by atoms with E-state index in [0.717, 1.165) is 15.6 Å². The van der Waals surface area contributed by atoms with Crippen LogP contribution >= 0.6 is 27.3 Å². The molecule has 134 valence electrons. The van der Waals surface area contributed by atoms with Gasteiger partial charge in [0.25, 0.3) is 0 Å². The number of thiophene rings is 1. The molecule has 0 aliphatic rings. The Morgan fingerprint density at radius 1 is 1.07 bits per heavy atom. The Hall–Kier alpha value is -2.77. The topological polar surface area (TPSA) is 76.2 Å². The summed E-state index contributed by atoms with van der Waals surface area (Å²) in [6.07, 6.45) is 0.272. The zero-order valence-corrected chi connectivity index (χ0v) is 16.3. The number of rotatable bonds is 5. The summed E-state index contributed by atoms with van der Waals surface area (Å²) in [5.74, 6) is -0.0886. The van der Waals surface area contributed by atoms with E-state index in [1.54, 1.807) is 0 Å². The normalized spacial score (nSPS) is 10.9. The van der Waals surface area contributed by atoms with Crippen LogP contribution in [0.4, 0.5) is 0 Å². The van der Waals surface area contributed by atoms with E-state index in [2.05, 4.69) is 26.1 Å².